The fraction of sp³-hybridized carbons (Fsp3) is 0.235. The van der Waals surface area contributed by atoms with Crippen molar-refractivity contribution in [2.75, 3.05) is 13.1 Å². The molecule has 0 saturated carbocycles. The Morgan fingerprint density at radius 3 is 2.27 bits per heavy atom. The molecule has 0 amide bonds. The van der Waals surface area contributed by atoms with Crippen LogP contribution >= 0.6 is 15.9 Å². The van der Waals surface area contributed by atoms with Gasteiger partial charge in [0.2, 0.25) is 0 Å². The molecule has 22 heavy (non-hydrogen) atoms. The molecular weight excluding hydrogens is 349 g/mol. The quantitative estimate of drug-likeness (QED) is 0.841. The van der Waals surface area contributed by atoms with Crippen LogP contribution in [0.25, 0.3) is 0 Å². The van der Waals surface area contributed by atoms with Crippen molar-refractivity contribution in [2.45, 2.75) is 12.3 Å². The molecule has 2 aromatic carbocycles. The summed E-state index contributed by atoms with van der Waals surface area (Å²) in [7, 11) is 0. The molecule has 0 unspecified atom stereocenters. The molecule has 1 N–H and O–H groups in total. The lowest BCUT2D eigenvalue weighted by molar-refractivity contribution is -0.129. The molecular formula is C17H17BrFNO2. The Morgan fingerprint density at radius 1 is 1.14 bits per heavy atom. The van der Waals surface area contributed by atoms with Gasteiger partial charge in [-0.2, -0.15) is 0 Å². The molecule has 0 radical (unpaired) electrons. The highest BCUT2D eigenvalue weighted by molar-refractivity contribution is 9.10. The average molecular weight is 366 g/mol. The van der Waals surface area contributed by atoms with Crippen molar-refractivity contribution in [1.82, 2.24) is 5.32 Å². The Morgan fingerprint density at radius 2 is 1.77 bits per heavy atom. The van der Waals surface area contributed by atoms with E-state index in [0.717, 1.165) is 15.6 Å². The van der Waals surface area contributed by atoms with Crippen molar-refractivity contribution in [1.29, 1.82) is 0 Å². The lowest BCUT2D eigenvalue weighted by Crippen LogP contribution is -2.53. The van der Waals surface area contributed by atoms with Gasteiger partial charge in [-0.1, -0.05) is 58.4 Å². The Labute approximate surface area is 137 Å². The van der Waals surface area contributed by atoms with E-state index in [2.05, 4.69) is 26.0 Å². The van der Waals surface area contributed by atoms with Crippen LogP contribution in [0.1, 0.15) is 11.1 Å². The maximum atomic E-state index is 13.7. The maximum Gasteiger partial charge on any atom is 0.293 e. The van der Waals surface area contributed by atoms with E-state index in [1.54, 1.807) is 0 Å². The predicted octanol–water partition coefficient (Wildman–Crippen LogP) is 3.58. The zero-order valence-corrected chi connectivity index (χ0v) is 13.6. The smallest absolute Gasteiger partial charge is 0.293 e. The molecule has 5 heteroatoms. The number of benzene rings is 2. The molecule has 1 heterocycles. The fourth-order valence-corrected chi connectivity index (χ4v) is 2.27. The molecule has 1 fully saturated rings. The number of rotatable bonds is 4. The van der Waals surface area contributed by atoms with Crippen LogP contribution in [0.2, 0.25) is 0 Å². The zero-order chi connectivity index (χ0) is 15.8. The van der Waals surface area contributed by atoms with Crippen LogP contribution in [0.15, 0.2) is 59.1 Å². The second-order valence-corrected chi connectivity index (χ2v) is 5.88. The molecule has 1 saturated heterocycles. The summed E-state index contributed by atoms with van der Waals surface area (Å²) in [5, 5.41) is 2.93. The number of carbonyl (C=O) groups is 1. The number of halogens is 2. The standard InChI is InChI=1S/C9H9BrFN.C8H8O2/c10-8-3-1-7(2-4-8)9(11)5-12-6-9;9-7-10-6-8-4-2-1-3-5-8/h1-4,12H,5-6H2;1-5,7H,6H2. The van der Waals surface area contributed by atoms with E-state index in [9.17, 15) is 9.18 Å². The highest BCUT2D eigenvalue weighted by Gasteiger charge is 2.38. The third-order valence-electron chi connectivity index (χ3n) is 3.33. The van der Waals surface area contributed by atoms with E-state index in [0.29, 0.717) is 26.2 Å². The molecule has 1 aliphatic heterocycles. The fourth-order valence-electron chi connectivity index (χ4n) is 2.00. The topological polar surface area (TPSA) is 38.3 Å². The Balaban J connectivity index is 0.000000164. The zero-order valence-electron chi connectivity index (χ0n) is 12.0. The first-order valence-electron chi connectivity index (χ1n) is 6.89. The third kappa shape index (κ3) is 4.64. The molecule has 0 bridgehead atoms. The molecule has 1 aliphatic rings. The van der Waals surface area contributed by atoms with Gasteiger partial charge in [-0.25, -0.2) is 4.39 Å². The van der Waals surface area contributed by atoms with Gasteiger partial charge in [0.05, 0.1) is 0 Å². The first-order chi connectivity index (χ1) is 10.6. The minimum Gasteiger partial charge on any atom is -0.463 e. The lowest BCUT2D eigenvalue weighted by atomic mass is 9.90. The minimum absolute atomic E-state index is 0.365. The highest BCUT2D eigenvalue weighted by Crippen LogP contribution is 2.30. The Hall–Kier alpha value is -1.72. The number of carbonyl (C=O) groups excluding carboxylic acids is 1. The minimum atomic E-state index is -1.12. The third-order valence-corrected chi connectivity index (χ3v) is 3.86. The van der Waals surface area contributed by atoms with Crippen LogP contribution in [0.5, 0.6) is 0 Å². The van der Waals surface area contributed by atoms with Crippen molar-refractivity contribution >= 4 is 22.4 Å². The van der Waals surface area contributed by atoms with Crippen molar-refractivity contribution < 1.29 is 13.9 Å². The van der Waals surface area contributed by atoms with Crippen molar-refractivity contribution in [3.05, 3.63) is 70.2 Å². The summed E-state index contributed by atoms with van der Waals surface area (Å²) in [6.45, 7) is 1.70. The van der Waals surface area contributed by atoms with Crippen LogP contribution in [0.4, 0.5) is 4.39 Å². The van der Waals surface area contributed by atoms with Gasteiger partial charge in [0, 0.05) is 17.6 Å². The van der Waals surface area contributed by atoms with Crippen LogP contribution in [0.3, 0.4) is 0 Å². The Bertz CT molecular complexity index is 585. The van der Waals surface area contributed by atoms with E-state index >= 15 is 0 Å². The van der Waals surface area contributed by atoms with Gasteiger partial charge >= 0.3 is 0 Å². The molecule has 0 atom stereocenters. The van der Waals surface area contributed by atoms with Gasteiger partial charge in [0.15, 0.2) is 5.67 Å². The molecule has 0 aliphatic carbocycles. The highest BCUT2D eigenvalue weighted by atomic mass is 79.9. The van der Waals surface area contributed by atoms with E-state index in [1.807, 2.05) is 54.6 Å². The van der Waals surface area contributed by atoms with Gasteiger partial charge in [-0.05, 0) is 23.3 Å². The lowest BCUT2D eigenvalue weighted by Gasteiger charge is -2.35. The first-order valence-corrected chi connectivity index (χ1v) is 7.68. The first kappa shape index (κ1) is 16.6. The summed E-state index contributed by atoms with van der Waals surface area (Å²) in [6.07, 6.45) is 0. The molecule has 116 valence electrons. The molecule has 3 nitrogen and oxygen atoms in total. The van der Waals surface area contributed by atoms with Gasteiger partial charge in [0.25, 0.3) is 6.47 Å². The molecule has 2 aromatic rings. The van der Waals surface area contributed by atoms with Gasteiger partial charge in [-0.3, -0.25) is 4.79 Å². The van der Waals surface area contributed by atoms with Gasteiger partial charge in [-0.15, -0.1) is 0 Å². The van der Waals surface area contributed by atoms with Gasteiger partial charge < -0.3 is 10.1 Å². The summed E-state index contributed by atoms with van der Waals surface area (Å²) in [4.78, 5) is 9.76. The largest absolute Gasteiger partial charge is 0.463 e. The van der Waals surface area contributed by atoms with E-state index in [4.69, 9.17) is 0 Å². The summed E-state index contributed by atoms with van der Waals surface area (Å²) < 4.78 is 19.2. The SMILES string of the molecule is FC1(c2ccc(Br)cc2)CNC1.O=COCc1ccccc1. The van der Waals surface area contributed by atoms with Crippen LogP contribution < -0.4 is 5.32 Å². The van der Waals surface area contributed by atoms with Gasteiger partial charge in [0.1, 0.15) is 6.61 Å². The van der Waals surface area contributed by atoms with Crippen LogP contribution in [0, 0.1) is 0 Å². The van der Waals surface area contributed by atoms with Crippen LogP contribution in [-0.2, 0) is 21.8 Å². The number of alkyl halides is 1. The second-order valence-electron chi connectivity index (χ2n) is 4.97. The van der Waals surface area contributed by atoms with Crippen molar-refractivity contribution in [2.24, 2.45) is 0 Å². The normalized spacial score (nSPS) is 15.0. The molecule has 3 rings (SSSR count). The summed E-state index contributed by atoms with van der Waals surface area (Å²) in [6, 6.07) is 16.9. The maximum absolute atomic E-state index is 13.7. The summed E-state index contributed by atoms with van der Waals surface area (Å²) >= 11 is 3.31. The number of ether oxygens (including phenoxy) is 1. The number of nitrogens with one attached hydrogen (secondary N) is 1. The van der Waals surface area contributed by atoms with E-state index in [-0.39, 0.29) is 0 Å². The molecule has 0 aromatic heterocycles. The summed E-state index contributed by atoms with van der Waals surface area (Å²) in [5.41, 5.74) is 0.653. The van der Waals surface area contributed by atoms with E-state index in [1.165, 1.54) is 0 Å². The predicted molar refractivity (Wildman–Crippen MR) is 87.1 cm³/mol. The summed E-state index contributed by atoms with van der Waals surface area (Å²) in [5.74, 6) is 0. The number of hydrogen-bond acceptors (Lipinski definition) is 3. The Kier molecular flexibility index (Phi) is 6.10. The van der Waals surface area contributed by atoms with Crippen LogP contribution in [-0.4, -0.2) is 19.6 Å². The number of hydrogen-bond donors (Lipinski definition) is 1. The second kappa shape index (κ2) is 8.06. The van der Waals surface area contributed by atoms with Crippen molar-refractivity contribution in [3.8, 4) is 0 Å². The monoisotopic (exact) mass is 365 g/mol. The molecule has 0 spiro atoms. The van der Waals surface area contributed by atoms with Crippen molar-refractivity contribution in [3.63, 3.8) is 0 Å². The average Bonchev–Trinajstić information content (AvgIpc) is 2.53. The van der Waals surface area contributed by atoms with E-state index < -0.39 is 5.67 Å².